The van der Waals surface area contributed by atoms with Crippen LogP contribution in [0.3, 0.4) is 0 Å². The number of nitrogens with two attached hydrogens (primary N) is 1. The molecule has 4 N–H and O–H groups in total. The smallest absolute Gasteiger partial charge is 0.241 e. The van der Waals surface area contributed by atoms with Crippen LogP contribution in [0.5, 0.6) is 0 Å². The van der Waals surface area contributed by atoms with Gasteiger partial charge in [-0.05, 0) is 17.7 Å². The van der Waals surface area contributed by atoms with Gasteiger partial charge in [0.1, 0.15) is 6.04 Å². The maximum atomic E-state index is 11.4. The zero-order valence-corrected chi connectivity index (χ0v) is 10.1. The van der Waals surface area contributed by atoms with Crippen LogP contribution in [0.25, 0.3) is 0 Å². The SMILES string of the molecule is CNC(=O)C(N)c1ccc2c(c1)NC(=O)CS2. The van der Waals surface area contributed by atoms with Crippen LogP contribution in [-0.4, -0.2) is 24.6 Å². The molecule has 1 unspecified atom stereocenters. The first kappa shape index (κ1) is 11.9. The van der Waals surface area contributed by atoms with Gasteiger partial charge < -0.3 is 16.4 Å². The summed E-state index contributed by atoms with van der Waals surface area (Å²) in [7, 11) is 1.54. The lowest BCUT2D eigenvalue weighted by molar-refractivity contribution is -0.122. The first-order chi connectivity index (χ1) is 8.11. The Morgan fingerprint density at radius 2 is 2.35 bits per heavy atom. The van der Waals surface area contributed by atoms with Crippen molar-refractivity contribution in [3.63, 3.8) is 0 Å². The fourth-order valence-corrected chi connectivity index (χ4v) is 2.39. The molecule has 17 heavy (non-hydrogen) atoms. The molecular weight excluding hydrogens is 238 g/mol. The average Bonchev–Trinajstić information content (AvgIpc) is 2.36. The molecule has 2 amide bonds. The summed E-state index contributed by atoms with van der Waals surface area (Å²) in [6.45, 7) is 0. The van der Waals surface area contributed by atoms with E-state index in [-0.39, 0.29) is 11.8 Å². The fraction of sp³-hybridized carbons (Fsp3) is 0.273. The normalized spacial score (nSPS) is 15.8. The van der Waals surface area contributed by atoms with Gasteiger partial charge in [-0.3, -0.25) is 9.59 Å². The molecule has 90 valence electrons. The van der Waals surface area contributed by atoms with Crippen LogP contribution in [0.2, 0.25) is 0 Å². The summed E-state index contributed by atoms with van der Waals surface area (Å²) >= 11 is 1.48. The van der Waals surface area contributed by atoms with Crippen LogP contribution in [-0.2, 0) is 9.59 Å². The fourth-order valence-electron chi connectivity index (χ4n) is 1.60. The van der Waals surface area contributed by atoms with Crippen molar-refractivity contribution in [1.29, 1.82) is 0 Å². The van der Waals surface area contributed by atoms with Gasteiger partial charge in [0.15, 0.2) is 0 Å². The Labute approximate surface area is 103 Å². The molecule has 0 bridgehead atoms. The highest BCUT2D eigenvalue weighted by molar-refractivity contribution is 8.00. The average molecular weight is 251 g/mol. The highest BCUT2D eigenvalue weighted by atomic mass is 32.2. The molecule has 2 rings (SSSR count). The second-order valence-electron chi connectivity index (χ2n) is 3.68. The number of hydrogen-bond acceptors (Lipinski definition) is 4. The lowest BCUT2D eigenvalue weighted by Crippen LogP contribution is -2.31. The maximum Gasteiger partial charge on any atom is 0.241 e. The molecule has 1 aliphatic rings. The molecule has 1 aromatic carbocycles. The summed E-state index contributed by atoms with van der Waals surface area (Å²) in [4.78, 5) is 23.7. The molecular formula is C11H13N3O2S. The largest absolute Gasteiger partial charge is 0.358 e. The van der Waals surface area contributed by atoms with E-state index in [2.05, 4.69) is 10.6 Å². The molecule has 1 atom stereocenters. The number of thioether (sulfide) groups is 1. The summed E-state index contributed by atoms with van der Waals surface area (Å²) in [5.41, 5.74) is 7.20. The summed E-state index contributed by atoms with van der Waals surface area (Å²) in [6, 6.07) is 4.72. The van der Waals surface area contributed by atoms with E-state index < -0.39 is 6.04 Å². The lowest BCUT2D eigenvalue weighted by atomic mass is 10.1. The van der Waals surface area contributed by atoms with Crippen molar-refractivity contribution in [3.05, 3.63) is 23.8 Å². The molecule has 0 aromatic heterocycles. The second-order valence-corrected chi connectivity index (χ2v) is 4.70. The van der Waals surface area contributed by atoms with Crippen LogP contribution in [0, 0.1) is 0 Å². The molecule has 1 aromatic rings. The third-order valence-electron chi connectivity index (χ3n) is 2.52. The van der Waals surface area contributed by atoms with Crippen LogP contribution in [0.4, 0.5) is 5.69 Å². The zero-order valence-electron chi connectivity index (χ0n) is 9.32. The first-order valence-electron chi connectivity index (χ1n) is 5.15. The summed E-state index contributed by atoms with van der Waals surface area (Å²) in [5, 5.41) is 5.26. The number of benzene rings is 1. The van der Waals surface area contributed by atoms with Gasteiger partial charge in [0, 0.05) is 11.9 Å². The van der Waals surface area contributed by atoms with E-state index in [1.54, 1.807) is 6.07 Å². The number of amides is 2. The minimum absolute atomic E-state index is 0.0341. The molecule has 0 aliphatic carbocycles. The maximum absolute atomic E-state index is 11.4. The molecule has 0 saturated carbocycles. The molecule has 0 fully saturated rings. The third-order valence-corrected chi connectivity index (χ3v) is 3.60. The summed E-state index contributed by atoms with van der Waals surface area (Å²) in [6.07, 6.45) is 0. The summed E-state index contributed by atoms with van der Waals surface area (Å²) < 4.78 is 0. The van der Waals surface area contributed by atoms with Crippen molar-refractivity contribution in [2.75, 3.05) is 18.1 Å². The van der Waals surface area contributed by atoms with Crippen LogP contribution in [0.15, 0.2) is 23.1 Å². The van der Waals surface area contributed by atoms with Crippen LogP contribution >= 0.6 is 11.8 Å². The zero-order chi connectivity index (χ0) is 12.4. The Kier molecular flexibility index (Phi) is 3.35. The Bertz CT molecular complexity index is 476. The second kappa shape index (κ2) is 4.77. The number of likely N-dealkylation sites (N-methyl/N-ethyl adjacent to an activating group) is 1. The van der Waals surface area contributed by atoms with Crippen molar-refractivity contribution < 1.29 is 9.59 Å². The lowest BCUT2D eigenvalue weighted by Gasteiger charge is -2.18. The minimum Gasteiger partial charge on any atom is -0.358 e. The van der Waals surface area contributed by atoms with Crippen molar-refractivity contribution in [2.45, 2.75) is 10.9 Å². The van der Waals surface area contributed by atoms with Gasteiger partial charge in [-0.1, -0.05) is 6.07 Å². The van der Waals surface area contributed by atoms with Gasteiger partial charge in [0.25, 0.3) is 0 Å². The van der Waals surface area contributed by atoms with Gasteiger partial charge in [-0.2, -0.15) is 0 Å². The summed E-state index contributed by atoms with van der Waals surface area (Å²) in [5.74, 6) is 0.140. The van der Waals surface area contributed by atoms with E-state index in [0.717, 1.165) is 10.6 Å². The van der Waals surface area contributed by atoms with E-state index >= 15 is 0 Å². The minimum atomic E-state index is -0.714. The Hall–Kier alpha value is -1.53. The van der Waals surface area contributed by atoms with Gasteiger partial charge in [0.2, 0.25) is 11.8 Å². The third kappa shape index (κ3) is 2.42. The van der Waals surface area contributed by atoms with Crippen molar-refractivity contribution in [2.24, 2.45) is 5.73 Å². The van der Waals surface area contributed by atoms with E-state index in [1.807, 2.05) is 12.1 Å². The van der Waals surface area contributed by atoms with Crippen LogP contribution < -0.4 is 16.4 Å². The van der Waals surface area contributed by atoms with Crippen molar-refractivity contribution >= 4 is 29.3 Å². The number of carbonyl (C=O) groups is 2. The number of rotatable bonds is 2. The number of nitrogens with one attached hydrogen (secondary N) is 2. The standard InChI is InChI=1S/C11H13N3O2S/c1-13-11(16)10(12)6-2-3-8-7(4-6)14-9(15)5-17-8/h2-4,10H,5,12H2,1H3,(H,13,16)(H,14,15). The quantitative estimate of drug-likeness (QED) is 0.713. The number of anilines is 1. The van der Waals surface area contributed by atoms with Gasteiger partial charge in [-0.15, -0.1) is 11.8 Å². The Morgan fingerprint density at radius 1 is 1.59 bits per heavy atom. The molecule has 5 nitrogen and oxygen atoms in total. The molecule has 0 saturated heterocycles. The van der Waals surface area contributed by atoms with Gasteiger partial charge >= 0.3 is 0 Å². The number of hydrogen-bond donors (Lipinski definition) is 3. The highest BCUT2D eigenvalue weighted by Crippen LogP contribution is 2.32. The topological polar surface area (TPSA) is 84.2 Å². The first-order valence-corrected chi connectivity index (χ1v) is 6.14. The van der Waals surface area contributed by atoms with Crippen molar-refractivity contribution in [1.82, 2.24) is 5.32 Å². The van der Waals surface area contributed by atoms with Crippen molar-refractivity contribution in [3.8, 4) is 0 Å². The van der Waals surface area contributed by atoms with E-state index in [4.69, 9.17) is 5.73 Å². The predicted molar refractivity (Wildman–Crippen MR) is 66.8 cm³/mol. The molecule has 0 spiro atoms. The Morgan fingerprint density at radius 3 is 3.06 bits per heavy atom. The monoisotopic (exact) mass is 251 g/mol. The Balaban J connectivity index is 2.29. The van der Waals surface area contributed by atoms with Gasteiger partial charge in [0.05, 0.1) is 11.4 Å². The number of fused-ring (bicyclic) bond motifs is 1. The molecule has 1 heterocycles. The molecule has 0 radical (unpaired) electrons. The van der Waals surface area contributed by atoms with Crippen LogP contribution in [0.1, 0.15) is 11.6 Å². The van der Waals surface area contributed by atoms with E-state index in [1.165, 1.54) is 18.8 Å². The van der Waals surface area contributed by atoms with Gasteiger partial charge in [-0.25, -0.2) is 0 Å². The highest BCUT2D eigenvalue weighted by Gasteiger charge is 2.19. The predicted octanol–water partition coefficient (Wildman–Crippen LogP) is 0.477. The van der Waals surface area contributed by atoms with E-state index in [9.17, 15) is 9.59 Å². The number of carbonyl (C=O) groups excluding carboxylic acids is 2. The molecule has 1 aliphatic heterocycles. The van der Waals surface area contributed by atoms with E-state index in [0.29, 0.717) is 11.3 Å². The molecule has 6 heteroatoms.